The van der Waals surface area contributed by atoms with Crippen molar-refractivity contribution in [2.24, 2.45) is 5.92 Å². The first-order valence-corrected chi connectivity index (χ1v) is 11.6. The Morgan fingerprint density at radius 2 is 1.69 bits per heavy atom. The molecule has 148 valence electrons. The van der Waals surface area contributed by atoms with Crippen LogP contribution in [0, 0.1) is 12.8 Å². The van der Waals surface area contributed by atoms with Gasteiger partial charge in [-0.2, -0.15) is 0 Å². The van der Waals surface area contributed by atoms with Gasteiger partial charge in [-0.15, -0.1) is 0 Å². The van der Waals surface area contributed by atoms with E-state index in [1.165, 1.54) is 0 Å². The fourth-order valence-corrected chi connectivity index (χ4v) is 8.58. The highest BCUT2D eigenvalue weighted by atomic mass is 32.2. The van der Waals surface area contributed by atoms with Crippen LogP contribution in [-0.2, 0) is 19.4 Å². The number of rotatable bonds is 2. The van der Waals surface area contributed by atoms with E-state index in [4.69, 9.17) is 0 Å². The Kier molecular flexibility index (Phi) is 3.29. The van der Waals surface area contributed by atoms with Crippen LogP contribution in [0.5, 0.6) is 0 Å². The molecule has 2 aromatic rings. The van der Waals surface area contributed by atoms with E-state index in [0.29, 0.717) is 12.8 Å². The Balaban J connectivity index is 1.63. The Labute approximate surface area is 169 Å². The minimum absolute atomic E-state index is 0.0438. The fraction of sp³-hybridized carbons (Fsp3) is 0.391. The summed E-state index contributed by atoms with van der Waals surface area (Å²) in [6.45, 7) is 1.90. The zero-order valence-electron chi connectivity index (χ0n) is 16.0. The van der Waals surface area contributed by atoms with Gasteiger partial charge in [0.1, 0.15) is 5.78 Å². The second kappa shape index (κ2) is 5.43. The second-order valence-electron chi connectivity index (χ2n) is 8.83. The molecular weight excluding hydrogens is 386 g/mol. The Morgan fingerprint density at radius 3 is 2.41 bits per heavy atom. The molecule has 0 amide bonds. The van der Waals surface area contributed by atoms with Crippen LogP contribution < -0.4 is 0 Å². The summed E-state index contributed by atoms with van der Waals surface area (Å²) < 4.78 is 26.5. The summed E-state index contributed by atoms with van der Waals surface area (Å²) in [5.41, 5.74) is 2.81. The average Bonchev–Trinajstić information content (AvgIpc) is 3.30. The number of nitrogens with zero attached hydrogens (tertiary/aromatic N) is 1. The van der Waals surface area contributed by atoms with Gasteiger partial charge in [0.05, 0.1) is 17.0 Å². The molecule has 1 aliphatic carbocycles. The van der Waals surface area contributed by atoms with Crippen molar-refractivity contribution in [2.45, 2.75) is 54.0 Å². The third-order valence-corrected chi connectivity index (χ3v) is 10.0. The highest BCUT2D eigenvalue weighted by Crippen LogP contribution is 2.67. The zero-order chi connectivity index (χ0) is 20.1. The Bertz CT molecular complexity index is 1190. The van der Waals surface area contributed by atoms with Crippen molar-refractivity contribution in [2.75, 3.05) is 0 Å². The standard InChI is InChI=1S/C23H21NO4S/c1-13-6-8-14(9-7-13)29(27,28)23-12-17-18(10-11-19(17)25)24-20(22(23)26)15-4-2-3-5-16(15)21(23)24/h2-9,17-18,20-21H,10-12H2,1H3/t17-,18+,20-,21+,23-/m0/s1. The van der Waals surface area contributed by atoms with Crippen molar-refractivity contribution in [3.05, 3.63) is 65.2 Å². The lowest BCUT2D eigenvalue weighted by Crippen LogP contribution is -2.56. The highest BCUT2D eigenvalue weighted by Gasteiger charge is 2.76. The van der Waals surface area contributed by atoms with Gasteiger partial charge in [-0.3, -0.25) is 14.5 Å². The average molecular weight is 407 g/mol. The number of ketones is 2. The topological polar surface area (TPSA) is 71.5 Å². The second-order valence-corrected chi connectivity index (χ2v) is 11.0. The van der Waals surface area contributed by atoms with Crippen molar-refractivity contribution in [1.29, 1.82) is 0 Å². The molecular formula is C23H21NO4S. The summed E-state index contributed by atoms with van der Waals surface area (Å²) in [6, 6.07) is 13.3. The predicted molar refractivity (Wildman–Crippen MR) is 106 cm³/mol. The van der Waals surface area contributed by atoms with E-state index >= 15 is 0 Å². The van der Waals surface area contributed by atoms with Crippen LogP contribution in [-0.4, -0.2) is 35.7 Å². The van der Waals surface area contributed by atoms with Crippen LogP contribution >= 0.6 is 0 Å². The van der Waals surface area contributed by atoms with Gasteiger partial charge in [-0.1, -0.05) is 42.0 Å². The molecule has 2 aromatic carbocycles. The van der Waals surface area contributed by atoms with Gasteiger partial charge in [0.25, 0.3) is 0 Å². The van der Waals surface area contributed by atoms with E-state index in [9.17, 15) is 18.0 Å². The van der Waals surface area contributed by atoms with Crippen LogP contribution in [0.2, 0.25) is 0 Å². The lowest BCUT2D eigenvalue weighted by atomic mass is 9.75. The van der Waals surface area contributed by atoms with Gasteiger partial charge in [-0.05, 0) is 43.0 Å². The fourth-order valence-electron chi connectivity index (χ4n) is 6.35. The van der Waals surface area contributed by atoms with Gasteiger partial charge in [-0.25, -0.2) is 8.42 Å². The largest absolute Gasteiger partial charge is 0.299 e. The normalized spacial score (nSPS) is 36.9. The van der Waals surface area contributed by atoms with Gasteiger partial charge >= 0.3 is 0 Å². The van der Waals surface area contributed by atoms with E-state index in [0.717, 1.165) is 16.7 Å². The van der Waals surface area contributed by atoms with E-state index in [1.54, 1.807) is 24.3 Å². The molecule has 5 nitrogen and oxygen atoms in total. The molecule has 6 heteroatoms. The van der Waals surface area contributed by atoms with Crippen molar-refractivity contribution >= 4 is 21.4 Å². The number of carbonyl (C=O) groups excluding carboxylic acids is 2. The number of piperidine rings is 1. The first-order chi connectivity index (χ1) is 13.9. The monoisotopic (exact) mass is 407 g/mol. The predicted octanol–water partition coefficient (Wildman–Crippen LogP) is 2.94. The number of fused-ring (bicyclic) bond motifs is 3. The molecule has 29 heavy (non-hydrogen) atoms. The molecule has 3 aliphatic heterocycles. The van der Waals surface area contributed by atoms with E-state index in [1.807, 2.05) is 31.2 Å². The molecule has 4 bridgehead atoms. The number of benzene rings is 2. The maximum absolute atomic E-state index is 14.0. The summed E-state index contributed by atoms with van der Waals surface area (Å²) in [4.78, 5) is 28.7. The number of Topliss-reactive ketones (excluding diaryl/α,β-unsaturated/α-hetero) is 2. The molecule has 0 N–H and O–H groups in total. The van der Waals surface area contributed by atoms with Crippen molar-refractivity contribution in [3.8, 4) is 0 Å². The quantitative estimate of drug-likeness (QED) is 0.765. The molecule has 3 heterocycles. The third-order valence-electron chi connectivity index (χ3n) is 7.57. The molecule has 0 aromatic heterocycles. The molecule has 0 spiro atoms. The molecule has 1 saturated carbocycles. The minimum Gasteiger partial charge on any atom is -0.299 e. The Morgan fingerprint density at radius 1 is 1.00 bits per heavy atom. The highest BCUT2D eigenvalue weighted by molar-refractivity contribution is 7.93. The Hall–Kier alpha value is -2.31. The number of hydrogen-bond acceptors (Lipinski definition) is 5. The summed E-state index contributed by atoms with van der Waals surface area (Å²) >= 11 is 0. The van der Waals surface area contributed by atoms with Gasteiger partial charge in [0.15, 0.2) is 20.4 Å². The molecule has 2 saturated heterocycles. The van der Waals surface area contributed by atoms with Crippen molar-refractivity contribution in [1.82, 2.24) is 4.90 Å². The number of carbonyl (C=O) groups is 2. The molecule has 4 aliphatic rings. The van der Waals surface area contributed by atoms with Crippen LogP contribution in [0.3, 0.4) is 0 Å². The number of sulfone groups is 1. The van der Waals surface area contributed by atoms with E-state index in [2.05, 4.69) is 4.90 Å². The molecule has 3 fully saturated rings. The first kappa shape index (κ1) is 17.5. The summed E-state index contributed by atoms with van der Waals surface area (Å²) in [5, 5.41) is 0. The maximum Gasteiger partial charge on any atom is 0.193 e. The molecule has 6 atom stereocenters. The first-order valence-electron chi connectivity index (χ1n) is 10.1. The van der Waals surface area contributed by atoms with Crippen LogP contribution in [0.15, 0.2) is 53.4 Å². The number of hydrogen-bond donors (Lipinski definition) is 0. The summed E-state index contributed by atoms with van der Waals surface area (Å²) in [7, 11) is -3.98. The van der Waals surface area contributed by atoms with Gasteiger partial charge in [0, 0.05) is 18.4 Å². The number of aryl methyl sites for hydroxylation is 1. The van der Waals surface area contributed by atoms with Gasteiger partial charge < -0.3 is 0 Å². The molecule has 1 unspecified atom stereocenters. The lowest BCUT2D eigenvalue weighted by Gasteiger charge is -2.44. The smallest absolute Gasteiger partial charge is 0.193 e. The van der Waals surface area contributed by atoms with Crippen molar-refractivity contribution in [3.63, 3.8) is 0 Å². The molecule has 0 radical (unpaired) electrons. The summed E-state index contributed by atoms with van der Waals surface area (Å²) in [6.07, 6.45) is 1.28. The summed E-state index contributed by atoms with van der Waals surface area (Å²) in [5.74, 6) is -0.528. The SMILES string of the molecule is Cc1ccc(S(=O)(=O)[C@]23C[C@@H]4C(=O)CC[C@H]4N4[C@H](C2=O)c2ccccc2[C@@H]43)cc1. The lowest BCUT2D eigenvalue weighted by molar-refractivity contribution is -0.123. The van der Waals surface area contributed by atoms with Gasteiger partial charge in [0.2, 0.25) is 0 Å². The van der Waals surface area contributed by atoms with Crippen molar-refractivity contribution < 1.29 is 18.0 Å². The van der Waals surface area contributed by atoms with Crippen LogP contribution in [0.1, 0.15) is 48.0 Å². The maximum atomic E-state index is 14.0. The van der Waals surface area contributed by atoms with Crippen LogP contribution in [0.4, 0.5) is 0 Å². The zero-order valence-corrected chi connectivity index (χ0v) is 16.9. The van der Waals surface area contributed by atoms with E-state index < -0.39 is 26.7 Å². The minimum atomic E-state index is -3.98. The van der Waals surface area contributed by atoms with E-state index in [-0.39, 0.29) is 34.8 Å². The van der Waals surface area contributed by atoms with Crippen LogP contribution in [0.25, 0.3) is 0 Å². The molecule has 6 rings (SSSR count). The third kappa shape index (κ3) is 1.87.